The largest absolute Gasteiger partial charge is 0.466 e. The summed E-state index contributed by atoms with van der Waals surface area (Å²) in [6.45, 7) is 0.473. The molecule has 1 fully saturated rings. The molecule has 1 saturated heterocycles. The predicted octanol–water partition coefficient (Wildman–Crippen LogP) is 2.98. The standard InChI is InChI=1S/C19H18BrN3O5S/c1-27-18(25)10-17-23(16(24)11-29-17)7-2-8-28-19(26)15-9-14(21-22-15)12-3-5-13(20)6-4-12/h3-6,9-10H,2,7-8,11H2,1H3,(H,21,22)/b17-10+. The van der Waals surface area contributed by atoms with Gasteiger partial charge in [0.05, 0.1) is 36.3 Å². The summed E-state index contributed by atoms with van der Waals surface area (Å²) in [5.74, 6) is -0.854. The lowest BCUT2D eigenvalue weighted by atomic mass is 10.1. The van der Waals surface area contributed by atoms with Crippen LogP contribution in [0.25, 0.3) is 11.3 Å². The van der Waals surface area contributed by atoms with Crippen LogP contribution in [0.2, 0.25) is 0 Å². The molecule has 0 aliphatic carbocycles. The van der Waals surface area contributed by atoms with Crippen LogP contribution in [0.5, 0.6) is 0 Å². The highest BCUT2D eigenvalue weighted by Gasteiger charge is 2.27. The van der Waals surface area contributed by atoms with Gasteiger partial charge in [0.25, 0.3) is 0 Å². The number of nitrogens with one attached hydrogen (secondary N) is 1. The Hall–Kier alpha value is -2.59. The fourth-order valence-corrected chi connectivity index (χ4v) is 3.81. The summed E-state index contributed by atoms with van der Waals surface area (Å²) in [7, 11) is 1.28. The number of ether oxygens (including phenoxy) is 2. The first kappa shape index (κ1) is 21.1. The minimum absolute atomic E-state index is 0.0933. The lowest BCUT2D eigenvalue weighted by Crippen LogP contribution is -2.27. The van der Waals surface area contributed by atoms with Gasteiger partial charge in [0.15, 0.2) is 0 Å². The Morgan fingerprint density at radius 2 is 2.10 bits per heavy atom. The van der Waals surface area contributed by atoms with E-state index in [0.717, 1.165) is 10.0 Å². The van der Waals surface area contributed by atoms with Crippen molar-refractivity contribution < 1.29 is 23.9 Å². The highest BCUT2D eigenvalue weighted by atomic mass is 79.9. The third-order valence-electron chi connectivity index (χ3n) is 4.05. The van der Waals surface area contributed by atoms with Gasteiger partial charge in [-0.3, -0.25) is 9.89 Å². The molecule has 0 bridgehead atoms. The van der Waals surface area contributed by atoms with E-state index in [-0.39, 0.29) is 24.0 Å². The number of methoxy groups -OCH3 is 1. The van der Waals surface area contributed by atoms with Crippen molar-refractivity contribution in [2.75, 3.05) is 26.0 Å². The van der Waals surface area contributed by atoms with E-state index in [4.69, 9.17) is 4.74 Å². The minimum atomic E-state index is -0.520. The van der Waals surface area contributed by atoms with E-state index in [2.05, 4.69) is 30.9 Å². The third-order valence-corrected chi connectivity index (χ3v) is 5.60. The second-order valence-electron chi connectivity index (χ2n) is 6.00. The molecule has 1 aromatic carbocycles. The van der Waals surface area contributed by atoms with Crippen molar-refractivity contribution in [2.24, 2.45) is 0 Å². The van der Waals surface area contributed by atoms with Crippen LogP contribution in [0, 0.1) is 0 Å². The Bertz CT molecular complexity index is 942. The number of nitrogens with zero attached hydrogens (tertiary/aromatic N) is 2. The Labute approximate surface area is 179 Å². The zero-order valence-electron chi connectivity index (χ0n) is 15.5. The van der Waals surface area contributed by atoms with Crippen molar-refractivity contribution in [3.05, 3.63) is 51.6 Å². The molecule has 1 aliphatic heterocycles. The molecule has 1 aliphatic rings. The van der Waals surface area contributed by atoms with Gasteiger partial charge >= 0.3 is 11.9 Å². The van der Waals surface area contributed by atoms with Crippen LogP contribution in [0.1, 0.15) is 16.9 Å². The van der Waals surface area contributed by atoms with Crippen molar-refractivity contribution in [2.45, 2.75) is 6.42 Å². The van der Waals surface area contributed by atoms with Gasteiger partial charge in [-0.25, -0.2) is 9.59 Å². The molecule has 10 heteroatoms. The average Bonchev–Trinajstić information content (AvgIpc) is 3.33. The summed E-state index contributed by atoms with van der Waals surface area (Å²) in [6, 6.07) is 9.19. The number of hydrogen-bond donors (Lipinski definition) is 1. The highest BCUT2D eigenvalue weighted by Crippen LogP contribution is 2.28. The molecule has 8 nitrogen and oxygen atoms in total. The highest BCUT2D eigenvalue weighted by molar-refractivity contribution is 9.10. The summed E-state index contributed by atoms with van der Waals surface area (Å²) < 4.78 is 10.8. The number of carbonyl (C=O) groups is 3. The topological polar surface area (TPSA) is 102 Å². The number of rotatable bonds is 7. The van der Waals surface area contributed by atoms with Crippen LogP contribution >= 0.6 is 27.7 Å². The molecule has 0 spiro atoms. The molecule has 1 aromatic heterocycles. The van der Waals surface area contributed by atoms with Gasteiger partial charge < -0.3 is 14.4 Å². The fourth-order valence-electron chi connectivity index (χ4n) is 2.59. The van der Waals surface area contributed by atoms with Gasteiger partial charge in [-0.2, -0.15) is 5.10 Å². The molecule has 1 N–H and O–H groups in total. The smallest absolute Gasteiger partial charge is 0.356 e. The number of H-pyrrole nitrogens is 1. The van der Waals surface area contributed by atoms with Crippen LogP contribution in [-0.4, -0.2) is 59.0 Å². The van der Waals surface area contributed by atoms with E-state index in [1.165, 1.54) is 29.8 Å². The number of hydrogen-bond acceptors (Lipinski definition) is 7. The first-order valence-corrected chi connectivity index (χ1v) is 10.5. The molecule has 3 rings (SSSR count). The van der Waals surface area contributed by atoms with Gasteiger partial charge in [-0.05, 0) is 24.6 Å². The maximum Gasteiger partial charge on any atom is 0.356 e. The Morgan fingerprint density at radius 3 is 2.83 bits per heavy atom. The van der Waals surface area contributed by atoms with E-state index < -0.39 is 11.9 Å². The van der Waals surface area contributed by atoms with Crippen molar-refractivity contribution in [1.82, 2.24) is 15.1 Å². The van der Waals surface area contributed by atoms with E-state index in [9.17, 15) is 14.4 Å². The van der Waals surface area contributed by atoms with Gasteiger partial charge in [0.1, 0.15) is 5.69 Å². The molecule has 0 saturated carbocycles. The zero-order valence-corrected chi connectivity index (χ0v) is 17.9. The summed E-state index contributed by atoms with van der Waals surface area (Å²) in [5.41, 5.74) is 1.77. The van der Waals surface area contributed by atoms with Crippen LogP contribution in [0.3, 0.4) is 0 Å². The molecule has 0 radical (unpaired) electrons. The van der Waals surface area contributed by atoms with Crippen molar-refractivity contribution in [3.8, 4) is 11.3 Å². The Kier molecular flexibility index (Phi) is 7.10. The minimum Gasteiger partial charge on any atom is -0.466 e. The second-order valence-corrected chi connectivity index (χ2v) is 7.91. The monoisotopic (exact) mass is 479 g/mol. The molecular weight excluding hydrogens is 462 g/mol. The second kappa shape index (κ2) is 9.75. The zero-order chi connectivity index (χ0) is 20.8. The van der Waals surface area contributed by atoms with Crippen LogP contribution in [-0.2, 0) is 19.1 Å². The third kappa shape index (κ3) is 5.48. The molecule has 0 atom stereocenters. The average molecular weight is 480 g/mol. The number of aromatic nitrogens is 2. The lowest BCUT2D eigenvalue weighted by molar-refractivity contribution is -0.134. The summed E-state index contributed by atoms with van der Waals surface area (Å²) in [6.07, 6.45) is 1.72. The van der Waals surface area contributed by atoms with Gasteiger partial charge in [0.2, 0.25) is 5.91 Å². The molecule has 0 unspecified atom stereocenters. The molecular formula is C19H18BrN3O5S. The predicted molar refractivity (Wildman–Crippen MR) is 111 cm³/mol. The molecule has 29 heavy (non-hydrogen) atoms. The maximum atomic E-state index is 12.2. The fraction of sp³-hybridized carbons (Fsp3) is 0.263. The number of benzene rings is 1. The van der Waals surface area contributed by atoms with Gasteiger partial charge in [-0.15, -0.1) is 0 Å². The lowest BCUT2D eigenvalue weighted by Gasteiger charge is -2.16. The van der Waals surface area contributed by atoms with Crippen molar-refractivity contribution in [1.29, 1.82) is 0 Å². The molecule has 2 aromatic rings. The molecule has 152 valence electrons. The van der Waals surface area contributed by atoms with Crippen LogP contribution in [0.4, 0.5) is 0 Å². The van der Waals surface area contributed by atoms with E-state index >= 15 is 0 Å². The quantitative estimate of drug-likeness (QED) is 0.369. The summed E-state index contributed by atoms with van der Waals surface area (Å²) in [4.78, 5) is 37.0. The summed E-state index contributed by atoms with van der Waals surface area (Å²) in [5, 5.41) is 7.36. The van der Waals surface area contributed by atoms with E-state index in [1.807, 2.05) is 24.3 Å². The van der Waals surface area contributed by atoms with Crippen molar-refractivity contribution in [3.63, 3.8) is 0 Å². The number of thioether (sulfide) groups is 1. The number of amides is 1. The Morgan fingerprint density at radius 1 is 1.34 bits per heavy atom. The first-order valence-electron chi connectivity index (χ1n) is 8.69. The number of carbonyl (C=O) groups excluding carboxylic acids is 3. The number of aromatic amines is 1. The first-order chi connectivity index (χ1) is 14.0. The van der Waals surface area contributed by atoms with Crippen LogP contribution in [0.15, 0.2) is 45.9 Å². The van der Waals surface area contributed by atoms with E-state index in [0.29, 0.717) is 23.7 Å². The van der Waals surface area contributed by atoms with Crippen molar-refractivity contribution >= 4 is 45.5 Å². The van der Waals surface area contributed by atoms with Gasteiger partial charge in [0, 0.05) is 16.6 Å². The van der Waals surface area contributed by atoms with Gasteiger partial charge in [-0.1, -0.05) is 39.8 Å². The number of halogens is 1. The van der Waals surface area contributed by atoms with E-state index in [1.54, 1.807) is 6.07 Å². The molecule has 1 amide bonds. The number of esters is 2. The normalized spacial score (nSPS) is 15.0. The maximum absolute atomic E-state index is 12.2. The summed E-state index contributed by atoms with van der Waals surface area (Å²) >= 11 is 4.65. The Balaban J connectivity index is 1.50. The SMILES string of the molecule is COC(=O)/C=C1/SCC(=O)N1CCCOC(=O)c1cc(-c2ccc(Br)cc2)n[nH]1. The van der Waals surface area contributed by atoms with Crippen LogP contribution < -0.4 is 0 Å². The molecule has 2 heterocycles.